The van der Waals surface area contributed by atoms with Gasteiger partial charge in [-0.3, -0.25) is 0 Å². The molecular weight excluding hydrogens is 264 g/mol. The second-order valence-corrected chi connectivity index (χ2v) is 6.14. The first-order valence-corrected chi connectivity index (χ1v) is 9.16. The minimum atomic E-state index is 0.231. The van der Waals surface area contributed by atoms with E-state index in [-0.39, 0.29) is 12.2 Å². The zero-order valence-electron chi connectivity index (χ0n) is 14.4. The average molecular weight is 300 g/mol. The van der Waals surface area contributed by atoms with Gasteiger partial charge in [0.15, 0.2) is 0 Å². The fourth-order valence-electron chi connectivity index (χ4n) is 2.78. The molecule has 3 heteroatoms. The Morgan fingerprint density at radius 2 is 1.57 bits per heavy atom. The highest BCUT2D eigenvalue weighted by molar-refractivity contribution is 4.74. The molecule has 0 aliphatic carbocycles. The van der Waals surface area contributed by atoms with Gasteiger partial charge in [-0.05, 0) is 19.8 Å². The Morgan fingerprint density at radius 1 is 0.905 bits per heavy atom. The first-order chi connectivity index (χ1) is 10.3. The summed E-state index contributed by atoms with van der Waals surface area (Å²) in [6.07, 6.45) is 12.4. The van der Waals surface area contributed by atoms with Gasteiger partial charge in [-0.15, -0.1) is 0 Å². The molecule has 0 radical (unpaired) electrons. The van der Waals surface area contributed by atoms with Crippen LogP contribution in [0.4, 0.5) is 0 Å². The predicted octanol–water partition coefficient (Wildman–Crippen LogP) is 4.73. The van der Waals surface area contributed by atoms with Crippen LogP contribution in [-0.2, 0) is 14.2 Å². The van der Waals surface area contributed by atoms with Crippen molar-refractivity contribution in [3.8, 4) is 0 Å². The molecule has 0 amide bonds. The highest BCUT2D eigenvalue weighted by Gasteiger charge is 2.27. The Bertz CT molecular complexity index is 229. The molecule has 0 spiro atoms. The third-order valence-electron chi connectivity index (χ3n) is 4.19. The van der Waals surface area contributed by atoms with E-state index >= 15 is 0 Å². The number of unbranched alkanes of at least 4 members (excludes halogenated alkanes) is 6. The summed E-state index contributed by atoms with van der Waals surface area (Å²) in [5.41, 5.74) is 0. The van der Waals surface area contributed by atoms with Crippen LogP contribution in [0.3, 0.4) is 0 Å². The normalized spacial score (nSPS) is 20.4. The largest absolute Gasteiger partial charge is 0.376 e. The monoisotopic (exact) mass is 300 g/mol. The van der Waals surface area contributed by atoms with Crippen LogP contribution in [0.1, 0.15) is 78.6 Å². The summed E-state index contributed by atoms with van der Waals surface area (Å²) in [6.45, 7) is 8.92. The lowest BCUT2D eigenvalue weighted by molar-refractivity contribution is -0.0781. The number of rotatable bonds is 15. The molecule has 1 rings (SSSR count). The Kier molecular flexibility index (Phi) is 11.2. The number of hydrogen-bond acceptors (Lipinski definition) is 3. The molecule has 0 bridgehead atoms. The molecule has 0 aromatic heterocycles. The van der Waals surface area contributed by atoms with Gasteiger partial charge in [0, 0.05) is 6.61 Å². The molecule has 1 saturated heterocycles. The van der Waals surface area contributed by atoms with E-state index in [1.54, 1.807) is 0 Å². The standard InChI is InChI=1S/C18H36O3/c1-4-7-8-9-10-11-12-13-18(19-6-3)17(5-2)21-15-16-14-20-16/h16-18H,4-15H2,1-3H3. The van der Waals surface area contributed by atoms with Crippen molar-refractivity contribution in [2.24, 2.45) is 0 Å². The molecule has 3 atom stereocenters. The van der Waals surface area contributed by atoms with E-state index in [0.717, 1.165) is 32.7 Å². The third-order valence-corrected chi connectivity index (χ3v) is 4.19. The Morgan fingerprint density at radius 3 is 2.14 bits per heavy atom. The van der Waals surface area contributed by atoms with E-state index in [4.69, 9.17) is 14.2 Å². The lowest BCUT2D eigenvalue weighted by Gasteiger charge is -2.26. The van der Waals surface area contributed by atoms with E-state index in [1.807, 2.05) is 0 Å². The summed E-state index contributed by atoms with van der Waals surface area (Å²) in [5.74, 6) is 0. The zero-order chi connectivity index (χ0) is 15.3. The fraction of sp³-hybridized carbons (Fsp3) is 1.00. The Balaban J connectivity index is 2.13. The van der Waals surface area contributed by atoms with Gasteiger partial charge in [0.05, 0.1) is 25.4 Å². The Hall–Kier alpha value is -0.120. The Labute approximate surface area is 131 Å². The highest BCUT2D eigenvalue weighted by Crippen LogP contribution is 2.19. The topological polar surface area (TPSA) is 31.0 Å². The first kappa shape index (κ1) is 18.9. The SMILES string of the molecule is CCCCCCCCCC(OCC)C(CC)OCC1CO1. The van der Waals surface area contributed by atoms with Crippen LogP contribution in [0, 0.1) is 0 Å². The van der Waals surface area contributed by atoms with Gasteiger partial charge < -0.3 is 14.2 Å². The second kappa shape index (κ2) is 12.4. The van der Waals surface area contributed by atoms with Crippen molar-refractivity contribution in [1.29, 1.82) is 0 Å². The number of epoxide rings is 1. The maximum absolute atomic E-state index is 5.99. The second-order valence-electron chi connectivity index (χ2n) is 6.14. The lowest BCUT2D eigenvalue weighted by atomic mass is 10.0. The molecule has 0 N–H and O–H groups in total. The summed E-state index contributed by atoms with van der Waals surface area (Å²) in [6, 6.07) is 0. The van der Waals surface area contributed by atoms with Crippen molar-refractivity contribution < 1.29 is 14.2 Å². The van der Waals surface area contributed by atoms with Crippen LogP contribution < -0.4 is 0 Å². The van der Waals surface area contributed by atoms with Crippen molar-refractivity contribution in [3.63, 3.8) is 0 Å². The van der Waals surface area contributed by atoms with Gasteiger partial charge >= 0.3 is 0 Å². The van der Waals surface area contributed by atoms with E-state index in [1.165, 1.54) is 44.9 Å². The summed E-state index contributed by atoms with van der Waals surface area (Å²) in [4.78, 5) is 0. The summed E-state index contributed by atoms with van der Waals surface area (Å²) >= 11 is 0. The van der Waals surface area contributed by atoms with Crippen LogP contribution in [0.15, 0.2) is 0 Å². The van der Waals surface area contributed by atoms with Crippen molar-refractivity contribution in [3.05, 3.63) is 0 Å². The van der Waals surface area contributed by atoms with Crippen LogP contribution in [0.2, 0.25) is 0 Å². The molecule has 126 valence electrons. The van der Waals surface area contributed by atoms with Crippen molar-refractivity contribution >= 4 is 0 Å². The number of hydrogen-bond donors (Lipinski definition) is 0. The first-order valence-electron chi connectivity index (χ1n) is 9.16. The van der Waals surface area contributed by atoms with Crippen molar-refractivity contribution in [1.82, 2.24) is 0 Å². The minimum Gasteiger partial charge on any atom is -0.376 e. The van der Waals surface area contributed by atoms with E-state index in [0.29, 0.717) is 6.10 Å². The predicted molar refractivity (Wildman–Crippen MR) is 87.8 cm³/mol. The molecule has 0 saturated carbocycles. The van der Waals surface area contributed by atoms with Crippen LogP contribution in [0.25, 0.3) is 0 Å². The van der Waals surface area contributed by atoms with E-state index < -0.39 is 0 Å². The van der Waals surface area contributed by atoms with Crippen LogP contribution in [-0.4, -0.2) is 38.1 Å². The van der Waals surface area contributed by atoms with Crippen molar-refractivity contribution in [2.75, 3.05) is 19.8 Å². The summed E-state index contributed by atoms with van der Waals surface area (Å²) in [7, 11) is 0. The van der Waals surface area contributed by atoms with E-state index in [9.17, 15) is 0 Å². The molecule has 1 fully saturated rings. The molecule has 3 nitrogen and oxygen atoms in total. The molecule has 21 heavy (non-hydrogen) atoms. The average Bonchev–Trinajstić information content (AvgIpc) is 3.31. The van der Waals surface area contributed by atoms with Gasteiger partial charge in [0.2, 0.25) is 0 Å². The molecule has 3 unspecified atom stereocenters. The summed E-state index contributed by atoms with van der Waals surface area (Å²) in [5, 5.41) is 0. The van der Waals surface area contributed by atoms with Gasteiger partial charge in [-0.2, -0.15) is 0 Å². The molecule has 1 aliphatic rings. The summed E-state index contributed by atoms with van der Waals surface area (Å²) < 4.78 is 17.1. The number of ether oxygens (including phenoxy) is 3. The zero-order valence-corrected chi connectivity index (χ0v) is 14.4. The quantitative estimate of drug-likeness (QED) is 0.324. The lowest BCUT2D eigenvalue weighted by Crippen LogP contribution is -2.32. The van der Waals surface area contributed by atoms with Crippen LogP contribution in [0.5, 0.6) is 0 Å². The van der Waals surface area contributed by atoms with Gasteiger partial charge in [-0.1, -0.05) is 58.8 Å². The maximum atomic E-state index is 5.99. The van der Waals surface area contributed by atoms with Gasteiger partial charge in [-0.25, -0.2) is 0 Å². The minimum absolute atomic E-state index is 0.231. The smallest absolute Gasteiger partial charge is 0.104 e. The fourth-order valence-corrected chi connectivity index (χ4v) is 2.78. The van der Waals surface area contributed by atoms with Gasteiger partial charge in [0.25, 0.3) is 0 Å². The maximum Gasteiger partial charge on any atom is 0.104 e. The van der Waals surface area contributed by atoms with E-state index in [2.05, 4.69) is 20.8 Å². The van der Waals surface area contributed by atoms with Gasteiger partial charge in [0.1, 0.15) is 6.10 Å². The van der Waals surface area contributed by atoms with Crippen molar-refractivity contribution in [2.45, 2.75) is 96.9 Å². The molecular formula is C18H36O3. The molecule has 0 aromatic rings. The molecule has 1 aliphatic heterocycles. The highest BCUT2D eigenvalue weighted by atomic mass is 16.6. The molecule has 1 heterocycles. The van der Waals surface area contributed by atoms with Crippen LogP contribution >= 0.6 is 0 Å². The molecule has 0 aromatic carbocycles. The third kappa shape index (κ3) is 9.49.